The van der Waals surface area contributed by atoms with Gasteiger partial charge >= 0.3 is 0 Å². The maximum Gasteiger partial charge on any atom is 0.241 e. The van der Waals surface area contributed by atoms with Gasteiger partial charge in [0.15, 0.2) is 0 Å². The molecule has 1 rings (SSSR count). The van der Waals surface area contributed by atoms with Crippen molar-refractivity contribution < 1.29 is 8.42 Å². The van der Waals surface area contributed by atoms with Gasteiger partial charge in [0.05, 0.1) is 4.90 Å². The zero-order valence-electron chi connectivity index (χ0n) is 11.4. The Bertz CT molecular complexity index is 478. The lowest BCUT2D eigenvalue weighted by Crippen LogP contribution is -2.42. The SMILES string of the molecule is CCNCc1cc(S(=O)(=O)NC(C)(C)CC)cs1. The zero-order chi connectivity index (χ0) is 13.8. The highest BCUT2D eigenvalue weighted by molar-refractivity contribution is 7.89. The lowest BCUT2D eigenvalue weighted by atomic mass is 10.0. The Morgan fingerprint density at radius 1 is 1.33 bits per heavy atom. The summed E-state index contributed by atoms with van der Waals surface area (Å²) in [4.78, 5) is 1.40. The third kappa shape index (κ3) is 4.35. The van der Waals surface area contributed by atoms with Gasteiger partial charge in [-0.15, -0.1) is 11.3 Å². The van der Waals surface area contributed by atoms with Crippen molar-refractivity contribution in [3.05, 3.63) is 16.3 Å². The third-order valence-corrected chi connectivity index (χ3v) is 5.55. The van der Waals surface area contributed by atoms with Gasteiger partial charge in [-0.2, -0.15) is 0 Å². The molecule has 0 fully saturated rings. The van der Waals surface area contributed by atoms with Crippen LogP contribution in [-0.2, 0) is 16.6 Å². The average molecular weight is 290 g/mol. The number of sulfonamides is 1. The largest absolute Gasteiger partial charge is 0.312 e. The molecule has 0 radical (unpaired) electrons. The summed E-state index contributed by atoms with van der Waals surface area (Å²) < 4.78 is 27.1. The van der Waals surface area contributed by atoms with Crippen LogP contribution in [0.3, 0.4) is 0 Å². The summed E-state index contributed by atoms with van der Waals surface area (Å²) >= 11 is 1.47. The minimum Gasteiger partial charge on any atom is -0.312 e. The predicted molar refractivity (Wildman–Crippen MR) is 76.4 cm³/mol. The maximum atomic E-state index is 12.2. The van der Waals surface area contributed by atoms with E-state index >= 15 is 0 Å². The summed E-state index contributed by atoms with van der Waals surface area (Å²) in [5.41, 5.74) is -0.414. The Kier molecular flexibility index (Phi) is 5.33. The van der Waals surface area contributed by atoms with E-state index in [1.54, 1.807) is 11.4 Å². The van der Waals surface area contributed by atoms with E-state index in [0.29, 0.717) is 11.4 Å². The highest BCUT2D eigenvalue weighted by Crippen LogP contribution is 2.21. The molecule has 2 N–H and O–H groups in total. The Labute approximate surface area is 114 Å². The Balaban J connectivity index is 2.82. The molecule has 0 bridgehead atoms. The fourth-order valence-electron chi connectivity index (χ4n) is 1.34. The van der Waals surface area contributed by atoms with E-state index in [1.807, 2.05) is 27.7 Å². The molecular formula is C12H22N2O2S2. The molecule has 0 aliphatic heterocycles. The molecule has 1 heterocycles. The number of hydrogen-bond acceptors (Lipinski definition) is 4. The van der Waals surface area contributed by atoms with Crippen LogP contribution in [0.2, 0.25) is 0 Å². The highest BCUT2D eigenvalue weighted by atomic mass is 32.2. The standard InChI is InChI=1S/C12H22N2O2S2/c1-5-12(3,4)14-18(15,16)11-7-10(17-9-11)8-13-6-2/h7,9,13-14H,5-6,8H2,1-4H3. The van der Waals surface area contributed by atoms with E-state index in [0.717, 1.165) is 17.8 Å². The Morgan fingerprint density at radius 3 is 2.56 bits per heavy atom. The monoisotopic (exact) mass is 290 g/mol. The van der Waals surface area contributed by atoms with E-state index in [4.69, 9.17) is 0 Å². The molecule has 0 unspecified atom stereocenters. The van der Waals surface area contributed by atoms with E-state index in [1.165, 1.54) is 11.3 Å². The van der Waals surface area contributed by atoms with Crippen LogP contribution in [0.25, 0.3) is 0 Å². The van der Waals surface area contributed by atoms with Crippen molar-refractivity contribution in [1.29, 1.82) is 0 Å². The minimum absolute atomic E-state index is 0.363. The van der Waals surface area contributed by atoms with E-state index in [9.17, 15) is 8.42 Å². The molecule has 104 valence electrons. The molecular weight excluding hydrogens is 268 g/mol. The molecule has 0 spiro atoms. The summed E-state index contributed by atoms with van der Waals surface area (Å²) in [7, 11) is -3.40. The van der Waals surface area contributed by atoms with Crippen LogP contribution < -0.4 is 10.0 Å². The first-order chi connectivity index (χ1) is 8.30. The summed E-state index contributed by atoms with van der Waals surface area (Å²) in [5, 5.41) is 4.88. The summed E-state index contributed by atoms with van der Waals surface area (Å²) in [6.45, 7) is 9.35. The van der Waals surface area contributed by atoms with Gasteiger partial charge in [0.2, 0.25) is 10.0 Å². The smallest absolute Gasteiger partial charge is 0.241 e. The van der Waals surface area contributed by atoms with Crippen LogP contribution in [-0.4, -0.2) is 20.5 Å². The number of hydrogen-bond donors (Lipinski definition) is 2. The van der Waals surface area contributed by atoms with Crippen molar-refractivity contribution >= 4 is 21.4 Å². The van der Waals surface area contributed by atoms with E-state index in [2.05, 4.69) is 10.0 Å². The van der Waals surface area contributed by atoms with Crippen LogP contribution in [0.15, 0.2) is 16.3 Å². The van der Waals surface area contributed by atoms with Crippen LogP contribution in [0.1, 0.15) is 39.0 Å². The zero-order valence-corrected chi connectivity index (χ0v) is 13.0. The molecule has 4 nitrogen and oxygen atoms in total. The molecule has 1 aromatic rings. The lowest BCUT2D eigenvalue weighted by molar-refractivity contribution is 0.439. The Morgan fingerprint density at radius 2 is 2.00 bits per heavy atom. The van der Waals surface area contributed by atoms with Gasteiger partial charge in [-0.05, 0) is 32.9 Å². The number of thiophene rings is 1. The first-order valence-electron chi connectivity index (χ1n) is 6.13. The van der Waals surface area contributed by atoms with Crippen LogP contribution in [0.5, 0.6) is 0 Å². The number of nitrogens with one attached hydrogen (secondary N) is 2. The van der Waals surface area contributed by atoms with Crippen molar-refractivity contribution in [2.75, 3.05) is 6.54 Å². The van der Waals surface area contributed by atoms with Gasteiger partial charge in [-0.25, -0.2) is 13.1 Å². The molecule has 0 saturated heterocycles. The Hall–Kier alpha value is -0.430. The maximum absolute atomic E-state index is 12.2. The fourth-order valence-corrected chi connectivity index (χ4v) is 4.07. The molecule has 18 heavy (non-hydrogen) atoms. The first kappa shape index (κ1) is 15.6. The molecule has 0 atom stereocenters. The molecule has 0 amide bonds. The van der Waals surface area contributed by atoms with Crippen molar-refractivity contribution in [2.45, 2.75) is 51.1 Å². The topological polar surface area (TPSA) is 58.2 Å². The van der Waals surface area contributed by atoms with Crippen molar-refractivity contribution in [1.82, 2.24) is 10.0 Å². The molecule has 0 aromatic carbocycles. The van der Waals surface area contributed by atoms with Gasteiger partial charge in [0.1, 0.15) is 0 Å². The summed E-state index contributed by atoms with van der Waals surface area (Å²) in [6.07, 6.45) is 0.751. The molecule has 0 saturated carbocycles. The van der Waals surface area contributed by atoms with E-state index < -0.39 is 15.6 Å². The molecule has 0 aliphatic rings. The molecule has 1 aromatic heterocycles. The summed E-state index contributed by atoms with van der Waals surface area (Å²) in [6, 6.07) is 1.74. The van der Waals surface area contributed by atoms with Crippen molar-refractivity contribution in [3.63, 3.8) is 0 Å². The van der Waals surface area contributed by atoms with Crippen LogP contribution in [0, 0.1) is 0 Å². The number of rotatable bonds is 7. The summed E-state index contributed by atoms with van der Waals surface area (Å²) in [5.74, 6) is 0. The quantitative estimate of drug-likeness (QED) is 0.810. The predicted octanol–water partition coefficient (Wildman–Crippen LogP) is 2.32. The molecule has 6 heteroatoms. The third-order valence-electron chi connectivity index (χ3n) is 2.78. The molecule has 0 aliphatic carbocycles. The fraction of sp³-hybridized carbons (Fsp3) is 0.667. The van der Waals surface area contributed by atoms with Crippen LogP contribution in [0.4, 0.5) is 0 Å². The lowest BCUT2D eigenvalue weighted by Gasteiger charge is -2.23. The van der Waals surface area contributed by atoms with Gasteiger partial charge < -0.3 is 5.32 Å². The highest BCUT2D eigenvalue weighted by Gasteiger charge is 2.25. The van der Waals surface area contributed by atoms with E-state index in [-0.39, 0.29) is 0 Å². The van der Waals surface area contributed by atoms with Crippen LogP contribution >= 0.6 is 11.3 Å². The normalized spacial score (nSPS) is 12.9. The van der Waals surface area contributed by atoms with Crippen molar-refractivity contribution in [3.8, 4) is 0 Å². The average Bonchev–Trinajstić information content (AvgIpc) is 2.74. The second-order valence-electron chi connectivity index (χ2n) is 4.87. The van der Waals surface area contributed by atoms with Gasteiger partial charge in [0.25, 0.3) is 0 Å². The second kappa shape index (κ2) is 6.14. The second-order valence-corrected chi connectivity index (χ2v) is 7.55. The van der Waals surface area contributed by atoms with Gasteiger partial charge in [0, 0.05) is 22.3 Å². The minimum atomic E-state index is -3.40. The first-order valence-corrected chi connectivity index (χ1v) is 8.49. The van der Waals surface area contributed by atoms with Gasteiger partial charge in [-0.1, -0.05) is 13.8 Å². The van der Waals surface area contributed by atoms with Crippen molar-refractivity contribution in [2.24, 2.45) is 0 Å². The van der Waals surface area contributed by atoms with Gasteiger partial charge in [-0.3, -0.25) is 0 Å².